The Hall–Kier alpha value is -1.41. The predicted molar refractivity (Wildman–Crippen MR) is 99.5 cm³/mol. The van der Waals surface area contributed by atoms with Crippen molar-refractivity contribution in [2.75, 3.05) is 0 Å². The topological polar surface area (TPSA) is 0 Å². The van der Waals surface area contributed by atoms with Gasteiger partial charge in [0.15, 0.2) is 0 Å². The zero-order chi connectivity index (χ0) is 15.2. The third-order valence-electron chi connectivity index (χ3n) is 3.92. The van der Waals surface area contributed by atoms with Crippen LogP contribution in [0.3, 0.4) is 0 Å². The van der Waals surface area contributed by atoms with Gasteiger partial charge >= 0.3 is 37.7 Å². The maximum Gasteiger partial charge on any atom is 1.00 e. The Morgan fingerprint density at radius 2 is 0.958 bits per heavy atom. The fourth-order valence-electron chi connectivity index (χ4n) is 2.73. The molecule has 0 N–H and O–H groups in total. The summed E-state index contributed by atoms with van der Waals surface area (Å²) in [5, 5.41) is 5.36. The van der Waals surface area contributed by atoms with E-state index < -0.39 is 0 Å². The Labute approximate surface area is 171 Å². The molecule has 0 amide bonds. The Morgan fingerprint density at radius 1 is 0.542 bits per heavy atom. The summed E-state index contributed by atoms with van der Waals surface area (Å²) in [5.74, 6) is 0. The number of rotatable bonds is 1. The van der Waals surface area contributed by atoms with Gasteiger partial charge in [0.25, 0.3) is 0 Å². The molecule has 0 nitrogen and oxygen atoms in total. The molecule has 0 aliphatic heterocycles. The summed E-state index contributed by atoms with van der Waals surface area (Å²) in [7, 11) is 0. The minimum Gasteiger partial charge on any atom is -1.00 e. The molecule has 0 atom stereocenters. The van der Waals surface area contributed by atoms with E-state index in [1.807, 2.05) is 0 Å². The van der Waals surface area contributed by atoms with Gasteiger partial charge in [-0.25, -0.2) is 0 Å². The summed E-state index contributed by atoms with van der Waals surface area (Å²) in [6, 6.07) is 31.7. The first-order valence-corrected chi connectivity index (χ1v) is 7.79. The van der Waals surface area contributed by atoms with Gasteiger partial charge in [0, 0.05) is 0 Å². The van der Waals surface area contributed by atoms with E-state index >= 15 is 0 Å². The van der Waals surface area contributed by atoms with E-state index in [1.54, 1.807) is 0 Å². The van der Waals surface area contributed by atoms with Gasteiger partial charge in [-0.05, 0) is 33.5 Å². The van der Waals surface area contributed by atoms with Gasteiger partial charge in [-0.3, -0.25) is 0 Å². The number of benzene rings is 4. The number of hydrogen-bond acceptors (Lipinski definition) is 0. The van der Waals surface area contributed by atoms with Crippen molar-refractivity contribution < 1.29 is 40.6 Å². The van der Waals surface area contributed by atoms with Crippen molar-refractivity contribution in [1.82, 2.24) is 0 Å². The summed E-state index contributed by atoms with van der Waals surface area (Å²) in [6.45, 7) is 2.20. The Kier molecular flexibility index (Phi) is 8.99. The Balaban J connectivity index is 0. The summed E-state index contributed by atoms with van der Waals surface area (Å²) < 4.78 is 0. The average Bonchev–Trinajstić information content (AvgIpc) is 2.62. The van der Waals surface area contributed by atoms with Crippen LogP contribution in [0.1, 0.15) is 15.3 Å². The monoisotopic (exact) mass is 300 g/mol. The summed E-state index contributed by atoms with van der Waals surface area (Å²) in [6.07, 6.45) is 1.11. The van der Waals surface area contributed by atoms with Crippen LogP contribution < -0.4 is 37.7 Å². The first-order valence-electron chi connectivity index (χ1n) is 7.79. The molecule has 2 heteroatoms. The SMILES string of the molecule is CCc1cccc2ccccc12.[H-].[H-].[Li+].[Li+].c1ccc2ccccc2c1. The van der Waals surface area contributed by atoms with Crippen LogP contribution in [-0.4, -0.2) is 0 Å². The van der Waals surface area contributed by atoms with Crippen molar-refractivity contribution in [3.05, 3.63) is 96.6 Å². The van der Waals surface area contributed by atoms with Gasteiger partial charge in [-0.2, -0.15) is 0 Å². The minimum absolute atomic E-state index is 0. The summed E-state index contributed by atoms with van der Waals surface area (Å²) in [5.41, 5.74) is 1.44. The summed E-state index contributed by atoms with van der Waals surface area (Å²) >= 11 is 0. The second-order valence-corrected chi connectivity index (χ2v) is 5.34. The maximum absolute atomic E-state index is 2.20. The predicted octanol–water partition coefficient (Wildman–Crippen LogP) is 0.475. The summed E-state index contributed by atoms with van der Waals surface area (Å²) in [4.78, 5) is 0. The number of aryl methyl sites for hydroxylation is 1. The van der Waals surface area contributed by atoms with E-state index in [4.69, 9.17) is 0 Å². The van der Waals surface area contributed by atoms with Crippen LogP contribution in [0, 0.1) is 0 Å². The van der Waals surface area contributed by atoms with Crippen LogP contribution in [0.2, 0.25) is 0 Å². The first kappa shape index (κ1) is 20.6. The minimum atomic E-state index is 0. The molecule has 0 aromatic heterocycles. The van der Waals surface area contributed by atoms with Crippen molar-refractivity contribution >= 4 is 21.5 Å². The Morgan fingerprint density at radius 3 is 1.46 bits per heavy atom. The molecule has 112 valence electrons. The molecular weight excluding hydrogens is 278 g/mol. The van der Waals surface area contributed by atoms with Gasteiger partial charge in [0.2, 0.25) is 0 Å². The molecular formula is C22H22Li2. The molecule has 0 saturated carbocycles. The van der Waals surface area contributed by atoms with Gasteiger partial charge < -0.3 is 2.85 Å². The van der Waals surface area contributed by atoms with E-state index in [9.17, 15) is 0 Å². The van der Waals surface area contributed by atoms with Crippen LogP contribution in [0.4, 0.5) is 0 Å². The Bertz CT molecular complexity index is 824. The molecule has 4 aromatic rings. The molecule has 0 fully saturated rings. The van der Waals surface area contributed by atoms with Gasteiger partial charge in [-0.1, -0.05) is 97.9 Å². The van der Waals surface area contributed by atoms with Crippen LogP contribution in [0.25, 0.3) is 21.5 Å². The zero-order valence-electron chi connectivity index (χ0n) is 16.9. The maximum atomic E-state index is 2.20. The molecule has 0 spiro atoms. The molecule has 0 saturated heterocycles. The molecule has 0 unspecified atom stereocenters. The average molecular weight is 300 g/mol. The third kappa shape index (κ3) is 5.04. The zero-order valence-corrected chi connectivity index (χ0v) is 14.9. The normalized spacial score (nSPS) is 9.38. The second kappa shape index (κ2) is 10.5. The van der Waals surface area contributed by atoms with Crippen molar-refractivity contribution in [3.63, 3.8) is 0 Å². The van der Waals surface area contributed by atoms with Crippen molar-refractivity contribution in [3.8, 4) is 0 Å². The van der Waals surface area contributed by atoms with Crippen LogP contribution in [-0.2, 0) is 6.42 Å². The van der Waals surface area contributed by atoms with Gasteiger partial charge in [0.1, 0.15) is 0 Å². The molecule has 0 heterocycles. The van der Waals surface area contributed by atoms with Crippen LogP contribution in [0.15, 0.2) is 91.0 Å². The molecule has 0 bridgehead atoms. The number of hydrogen-bond donors (Lipinski definition) is 0. The molecule has 24 heavy (non-hydrogen) atoms. The van der Waals surface area contributed by atoms with Crippen molar-refractivity contribution in [1.29, 1.82) is 0 Å². The molecule has 0 aliphatic rings. The van der Waals surface area contributed by atoms with E-state index in [0.717, 1.165) is 6.42 Å². The van der Waals surface area contributed by atoms with E-state index in [0.29, 0.717) is 0 Å². The van der Waals surface area contributed by atoms with E-state index in [-0.39, 0.29) is 40.6 Å². The largest absolute Gasteiger partial charge is 1.00 e. The fraction of sp³-hybridized carbons (Fsp3) is 0.0909. The van der Waals surface area contributed by atoms with Crippen LogP contribution in [0.5, 0.6) is 0 Å². The third-order valence-corrected chi connectivity index (χ3v) is 3.92. The standard InChI is InChI=1S/C12H12.C10H8.2Li.2H/c1-2-10-7-5-8-11-6-3-4-9-12(10)11;1-2-6-10-8-4-3-7-9(10)5-1;;;;/h3-9H,2H2,1H3;1-8H;;;;/q;;2*+1;2*-1. The molecule has 4 rings (SSSR count). The molecule has 0 radical (unpaired) electrons. The quantitative estimate of drug-likeness (QED) is 0.449. The van der Waals surface area contributed by atoms with Crippen LogP contribution >= 0.6 is 0 Å². The second-order valence-electron chi connectivity index (χ2n) is 5.34. The van der Waals surface area contributed by atoms with Gasteiger partial charge in [-0.15, -0.1) is 0 Å². The van der Waals surface area contributed by atoms with Crippen molar-refractivity contribution in [2.45, 2.75) is 13.3 Å². The number of fused-ring (bicyclic) bond motifs is 2. The van der Waals surface area contributed by atoms with Gasteiger partial charge in [0.05, 0.1) is 0 Å². The molecule has 0 aliphatic carbocycles. The van der Waals surface area contributed by atoms with E-state index in [2.05, 4.69) is 97.9 Å². The smallest absolute Gasteiger partial charge is 1.00 e. The van der Waals surface area contributed by atoms with E-state index in [1.165, 1.54) is 27.1 Å². The fourth-order valence-corrected chi connectivity index (χ4v) is 2.73. The molecule has 4 aromatic carbocycles. The van der Waals surface area contributed by atoms with Crippen molar-refractivity contribution in [2.24, 2.45) is 0 Å². The first-order chi connectivity index (χ1) is 10.9.